The minimum atomic E-state index is -1.13. The van der Waals surface area contributed by atoms with Crippen molar-refractivity contribution in [3.05, 3.63) is 62.7 Å². The van der Waals surface area contributed by atoms with Crippen LogP contribution in [-0.2, 0) is 13.0 Å². The van der Waals surface area contributed by atoms with Gasteiger partial charge in [-0.25, -0.2) is 14.2 Å². The van der Waals surface area contributed by atoms with Crippen molar-refractivity contribution < 1.29 is 14.3 Å². The first-order valence-corrected chi connectivity index (χ1v) is 10.3. The maximum Gasteiger partial charge on any atom is 0.354 e. The molecule has 0 unspecified atom stereocenters. The molecule has 0 aliphatic carbocycles. The number of aromatic amines is 1. The quantitative estimate of drug-likeness (QED) is 0.582. The first-order chi connectivity index (χ1) is 14.9. The molecule has 3 aromatic heterocycles. The van der Waals surface area contributed by atoms with Crippen LogP contribution in [0.2, 0.25) is 5.15 Å². The van der Waals surface area contributed by atoms with E-state index in [4.69, 9.17) is 16.7 Å². The summed E-state index contributed by atoms with van der Waals surface area (Å²) in [5.41, 5.74) is 1.36. The molecule has 10 heteroatoms. The maximum atomic E-state index is 15.0. The summed E-state index contributed by atoms with van der Waals surface area (Å²) in [6.45, 7) is 4.72. The van der Waals surface area contributed by atoms with Gasteiger partial charge in [-0.05, 0) is 24.6 Å². The van der Waals surface area contributed by atoms with E-state index in [0.717, 1.165) is 0 Å². The van der Waals surface area contributed by atoms with E-state index in [0.29, 0.717) is 55.8 Å². The van der Waals surface area contributed by atoms with Crippen LogP contribution in [-0.4, -0.2) is 57.1 Å². The number of hydrogen-bond donors (Lipinski definition) is 2. The maximum absolute atomic E-state index is 15.0. The average Bonchev–Trinajstić information content (AvgIpc) is 2.76. The summed E-state index contributed by atoms with van der Waals surface area (Å²) < 4.78 is 15.0. The Hall–Kier alpha value is -3.04. The third-order valence-corrected chi connectivity index (χ3v) is 5.77. The van der Waals surface area contributed by atoms with Crippen molar-refractivity contribution in [2.24, 2.45) is 0 Å². The second kappa shape index (κ2) is 8.60. The highest BCUT2D eigenvalue weighted by Gasteiger charge is 2.22. The van der Waals surface area contributed by atoms with Gasteiger partial charge in [-0.2, -0.15) is 0 Å². The van der Waals surface area contributed by atoms with Gasteiger partial charge >= 0.3 is 5.97 Å². The number of aryl methyl sites for hydroxylation is 1. The summed E-state index contributed by atoms with van der Waals surface area (Å²) in [6.07, 6.45) is 2.16. The highest BCUT2D eigenvalue weighted by Crippen LogP contribution is 2.26. The van der Waals surface area contributed by atoms with E-state index in [9.17, 15) is 14.0 Å². The molecule has 4 heterocycles. The molecule has 8 nitrogen and oxygen atoms in total. The van der Waals surface area contributed by atoms with Crippen molar-refractivity contribution in [2.75, 3.05) is 31.1 Å². The molecule has 1 aliphatic heterocycles. The van der Waals surface area contributed by atoms with E-state index in [1.807, 2.05) is 11.8 Å². The molecule has 0 spiro atoms. The van der Waals surface area contributed by atoms with Gasteiger partial charge in [0.25, 0.3) is 5.56 Å². The molecule has 0 bridgehead atoms. The summed E-state index contributed by atoms with van der Waals surface area (Å²) in [5, 5.41) is 9.74. The second-order valence-electron chi connectivity index (χ2n) is 7.40. The molecule has 1 saturated heterocycles. The van der Waals surface area contributed by atoms with E-state index < -0.39 is 11.8 Å². The SMILES string of the molecule is CCc1cc2cnc(CN3CCN(c4ccc(C(=O)O)nc4Cl)CC3)c(F)c2[nH]c1=O. The van der Waals surface area contributed by atoms with Gasteiger partial charge in [0.15, 0.2) is 11.0 Å². The molecule has 1 aliphatic rings. The number of aromatic nitrogens is 3. The van der Waals surface area contributed by atoms with Crippen LogP contribution in [0.1, 0.15) is 28.7 Å². The predicted molar refractivity (Wildman–Crippen MR) is 115 cm³/mol. The molecule has 3 aromatic rings. The van der Waals surface area contributed by atoms with Gasteiger partial charge in [0.2, 0.25) is 0 Å². The standard InChI is InChI=1S/C21H21ClFN5O3/c1-2-12-9-13-10-24-15(17(23)18(13)26-20(12)29)11-27-5-7-28(8-6-27)16-4-3-14(21(30)31)25-19(16)22/h3-4,9-10H,2,5-8,11H2,1H3,(H,26,29)(H,30,31). The zero-order valence-electron chi connectivity index (χ0n) is 16.9. The van der Waals surface area contributed by atoms with Crippen molar-refractivity contribution in [1.29, 1.82) is 0 Å². The number of H-pyrrole nitrogens is 1. The fourth-order valence-electron chi connectivity index (χ4n) is 3.74. The summed E-state index contributed by atoms with van der Waals surface area (Å²) >= 11 is 6.17. The summed E-state index contributed by atoms with van der Waals surface area (Å²) in [7, 11) is 0. The number of anilines is 1. The van der Waals surface area contributed by atoms with Gasteiger partial charge in [0.1, 0.15) is 5.69 Å². The topological polar surface area (TPSA) is 102 Å². The van der Waals surface area contributed by atoms with Gasteiger partial charge in [-0.1, -0.05) is 18.5 Å². The number of halogens is 2. The van der Waals surface area contributed by atoms with Crippen LogP contribution < -0.4 is 10.5 Å². The average molecular weight is 446 g/mol. The van der Waals surface area contributed by atoms with E-state index in [-0.39, 0.29) is 27.6 Å². The van der Waals surface area contributed by atoms with Crippen molar-refractivity contribution >= 4 is 34.2 Å². The number of rotatable bonds is 5. The fourth-order valence-corrected chi connectivity index (χ4v) is 4.01. The monoisotopic (exact) mass is 445 g/mol. The Morgan fingerprint density at radius 2 is 2.03 bits per heavy atom. The molecule has 1 fully saturated rings. The normalized spacial score (nSPS) is 14.9. The molecule has 31 heavy (non-hydrogen) atoms. The van der Waals surface area contributed by atoms with E-state index in [1.165, 1.54) is 6.07 Å². The Labute approximate surface area is 182 Å². The molecule has 0 atom stereocenters. The van der Waals surface area contributed by atoms with Gasteiger partial charge < -0.3 is 15.0 Å². The van der Waals surface area contributed by atoms with Crippen LogP contribution in [0.4, 0.5) is 10.1 Å². The summed E-state index contributed by atoms with van der Waals surface area (Å²) in [6, 6.07) is 4.76. The number of nitrogens with zero attached hydrogens (tertiary/aromatic N) is 4. The number of carbonyl (C=O) groups is 1. The lowest BCUT2D eigenvalue weighted by molar-refractivity contribution is 0.0690. The fraction of sp³-hybridized carbons (Fsp3) is 0.333. The second-order valence-corrected chi connectivity index (χ2v) is 7.76. The molecule has 4 rings (SSSR count). The van der Waals surface area contributed by atoms with Crippen LogP contribution in [0.15, 0.2) is 29.2 Å². The molecular weight excluding hydrogens is 425 g/mol. The van der Waals surface area contributed by atoms with Crippen LogP contribution in [0.5, 0.6) is 0 Å². The number of pyridine rings is 3. The van der Waals surface area contributed by atoms with Crippen LogP contribution in [0, 0.1) is 5.82 Å². The number of fused-ring (bicyclic) bond motifs is 1. The lowest BCUT2D eigenvalue weighted by Gasteiger charge is -2.36. The molecule has 0 saturated carbocycles. The van der Waals surface area contributed by atoms with Crippen LogP contribution >= 0.6 is 11.6 Å². The third-order valence-electron chi connectivity index (χ3n) is 5.50. The van der Waals surface area contributed by atoms with Crippen molar-refractivity contribution in [3.63, 3.8) is 0 Å². The third kappa shape index (κ3) is 4.24. The molecule has 0 amide bonds. The highest BCUT2D eigenvalue weighted by atomic mass is 35.5. The zero-order chi connectivity index (χ0) is 22.1. The Bertz CT molecular complexity index is 1210. The minimum absolute atomic E-state index is 0.102. The van der Waals surface area contributed by atoms with Crippen molar-refractivity contribution in [3.8, 4) is 0 Å². The van der Waals surface area contributed by atoms with Crippen molar-refractivity contribution in [1.82, 2.24) is 19.9 Å². The first-order valence-electron chi connectivity index (χ1n) is 9.93. The number of hydrogen-bond acceptors (Lipinski definition) is 6. The van der Waals surface area contributed by atoms with Gasteiger partial charge in [-0.3, -0.25) is 14.7 Å². The predicted octanol–water partition coefficient (Wildman–Crippen LogP) is 2.69. The van der Waals surface area contributed by atoms with Gasteiger partial charge in [0.05, 0.1) is 16.9 Å². The van der Waals surface area contributed by atoms with E-state index in [1.54, 1.807) is 18.3 Å². The number of carboxylic acids is 1. The van der Waals surface area contributed by atoms with E-state index in [2.05, 4.69) is 19.9 Å². The molecule has 0 radical (unpaired) electrons. The van der Waals surface area contributed by atoms with Crippen LogP contribution in [0.3, 0.4) is 0 Å². The van der Waals surface area contributed by atoms with Gasteiger partial charge in [-0.15, -0.1) is 0 Å². The molecule has 0 aromatic carbocycles. The smallest absolute Gasteiger partial charge is 0.354 e. The Balaban J connectivity index is 1.47. The largest absolute Gasteiger partial charge is 0.477 e. The van der Waals surface area contributed by atoms with Crippen molar-refractivity contribution in [2.45, 2.75) is 19.9 Å². The molecular formula is C21H21ClFN5O3. The minimum Gasteiger partial charge on any atom is -0.477 e. The Kier molecular flexibility index (Phi) is 5.88. The Morgan fingerprint density at radius 3 is 2.68 bits per heavy atom. The summed E-state index contributed by atoms with van der Waals surface area (Å²) in [4.78, 5) is 38.0. The lowest BCUT2D eigenvalue weighted by Crippen LogP contribution is -2.46. The first kappa shape index (κ1) is 21.2. The Morgan fingerprint density at radius 1 is 1.29 bits per heavy atom. The summed E-state index contributed by atoms with van der Waals surface area (Å²) in [5.74, 6) is -1.63. The van der Waals surface area contributed by atoms with Crippen LogP contribution in [0.25, 0.3) is 10.9 Å². The molecule has 162 valence electrons. The number of aromatic carboxylic acids is 1. The zero-order valence-corrected chi connectivity index (χ0v) is 17.6. The number of nitrogens with one attached hydrogen (secondary N) is 1. The van der Waals surface area contributed by atoms with Gasteiger partial charge in [0, 0.05) is 49.9 Å². The molecule has 2 N–H and O–H groups in total. The lowest BCUT2D eigenvalue weighted by atomic mass is 10.1. The highest BCUT2D eigenvalue weighted by molar-refractivity contribution is 6.32. The number of carboxylic acid groups (broad SMARTS) is 1. The number of piperazine rings is 1. The van der Waals surface area contributed by atoms with E-state index >= 15 is 0 Å².